The molecule has 13 heteroatoms. The van der Waals surface area contributed by atoms with E-state index in [2.05, 4.69) is 6.92 Å². The van der Waals surface area contributed by atoms with E-state index in [1.165, 1.54) is 64.2 Å². The molecule has 2 fully saturated rings. The number of unbranched alkanes of at least 4 members (excludes halogenated alkanes) is 14. The molecule has 0 aromatic heterocycles. The molecular weight excluding hydrogens is 568 g/mol. The lowest BCUT2D eigenvalue weighted by Crippen LogP contribution is -2.70. The third-order valence-electron chi connectivity index (χ3n) is 8.37. The normalized spacial score (nSPS) is 34.5. The number of hydrogen-bond donors (Lipinski definition) is 8. The maximum atomic E-state index is 12.9. The van der Waals surface area contributed by atoms with Crippen LogP contribution in [0.4, 0.5) is 0 Å². The van der Waals surface area contributed by atoms with Crippen LogP contribution in [0, 0.1) is 0 Å². The van der Waals surface area contributed by atoms with Gasteiger partial charge in [-0.25, -0.2) is 0 Å². The van der Waals surface area contributed by atoms with Crippen LogP contribution in [0.3, 0.4) is 0 Å². The summed E-state index contributed by atoms with van der Waals surface area (Å²) >= 11 is 0. The maximum absolute atomic E-state index is 12.9. The van der Waals surface area contributed by atoms with Gasteiger partial charge in [-0.1, -0.05) is 96.8 Å². The monoisotopic (exact) mass is 624 g/mol. The summed E-state index contributed by atoms with van der Waals surface area (Å²) in [4.78, 5) is 12.9. The third-order valence-corrected chi connectivity index (χ3v) is 8.37. The van der Waals surface area contributed by atoms with Gasteiger partial charge in [0, 0.05) is 6.42 Å². The van der Waals surface area contributed by atoms with Gasteiger partial charge in [-0.2, -0.15) is 0 Å². The molecule has 0 saturated carbocycles. The Morgan fingerprint density at radius 2 is 1.09 bits per heavy atom. The van der Waals surface area contributed by atoms with E-state index in [1.807, 2.05) is 0 Å². The van der Waals surface area contributed by atoms with Gasteiger partial charge in [-0.05, 0) is 6.42 Å². The highest BCUT2D eigenvalue weighted by atomic mass is 16.9. The van der Waals surface area contributed by atoms with Gasteiger partial charge in [-0.3, -0.25) is 9.53 Å². The SMILES string of the molecule is CCCCCCCCCCCCCCCCCC(=O)O[C@@]1(OC2(CO)O[C@H](CO)[C@@H](O)[C@@H]2O)O[C@H](CO)[C@@H](O)[C@H](O)[C@H]1O. The lowest BCUT2D eigenvalue weighted by Gasteiger charge is -2.49. The molecule has 2 saturated heterocycles. The molecule has 43 heavy (non-hydrogen) atoms. The standard InChI is InChI=1S/C30H56O13/c1-2-3-4-5-6-7-8-9-10-11-12-13-14-15-16-17-23(34)42-30(28(39)26(37)24(35)21(18-31)41-30)43-29(20-33)27(38)25(36)22(19-32)40-29/h21-22,24-28,31-33,35-39H,2-20H2,1H3/t21-,22-,24-,25-,26+,27+,28-,29?,30+/m1/s1. The summed E-state index contributed by atoms with van der Waals surface area (Å²) in [5.74, 6) is -6.44. The van der Waals surface area contributed by atoms with Crippen molar-refractivity contribution in [2.45, 2.75) is 164 Å². The van der Waals surface area contributed by atoms with Gasteiger partial charge in [0.15, 0.2) is 6.10 Å². The van der Waals surface area contributed by atoms with Crippen LogP contribution in [0.2, 0.25) is 0 Å². The number of aliphatic hydroxyl groups is 8. The fourth-order valence-corrected chi connectivity index (χ4v) is 5.64. The van der Waals surface area contributed by atoms with Crippen LogP contribution in [-0.2, 0) is 23.7 Å². The molecule has 2 heterocycles. The van der Waals surface area contributed by atoms with Crippen LogP contribution < -0.4 is 0 Å². The summed E-state index contributed by atoms with van der Waals surface area (Å²) in [6, 6.07) is 0. The molecule has 0 spiro atoms. The molecule has 0 amide bonds. The number of rotatable bonds is 22. The number of carbonyl (C=O) groups is 1. The molecule has 9 atom stereocenters. The van der Waals surface area contributed by atoms with Gasteiger partial charge in [0.1, 0.15) is 43.2 Å². The van der Waals surface area contributed by atoms with E-state index in [4.69, 9.17) is 18.9 Å². The van der Waals surface area contributed by atoms with Crippen LogP contribution in [0.25, 0.3) is 0 Å². The van der Waals surface area contributed by atoms with Crippen molar-refractivity contribution < 1.29 is 64.6 Å². The Balaban J connectivity index is 1.85. The Hall–Kier alpha value is -0.970. The van der Waals surface area contributed by atoms with E-state index in [-0.39, 0.29) is 6.42 Å². The molecular formula is C30H56O13. The van der Waals surface area contributed by atoms with E-state index in [9.17, 15) is 45.6 Å². The molecule has 0 aliphatic carbocycles. The molecule has 8 N–H and O–H groups in total. The maximum Gasteiger partial charge on any atom is 0.362 e. The second kappa shape index (κ2) is 19.5. The van der Waals surface area contributed by atoms with Crippen LogP contribution in [0.15, 0.2) is 0 Å². The average molecular weight is 625 g/mol. The molecule has 13 nitrogen and oxygen atoms in total. The predicted molar refractivity (Wildman–Crippen MR) is 153 cm³/mol. The highest BCUT2D eigenvalue weighted by Gasteiger charge is 2.65. The molecule has 0 bridgehead atoms. The highest BCUT2D eigenvalue weighted by molar-refractivity contribution is 5.69. The molecule has 2 aliphatic heterocycles. The minimum absolute atomic E-state index is 0.126. The minimum Gasteiger partial charge on any atom is -0.405 e. The van der Waals surface area contributed by atoms with Crippen molar-refractivity contribution in [1.82, 2.24) is 0 Å². The minimum atomic E-state index is -2.95. The first-order valence-corrected chi connectivity index (χ1v) is 16.1. The van der Waals surface area contributed by atoms with E-state index in [0.717, 1.165) is 25.7 Å². The van der Waals surface area contributed by atoms with Crippen molar-refractivity contribution >= 4 is 5.97 Å². The van der Waals surface area contributed by atoms with Crippen molar-refractivity contribution in [2.75, 3.05) is 19.8 Å². The molecule has 0 aromatic carbocycles. The Bertz CT molecular complexity index is 770. The summed E-state index contributed by atoms with van der Waals surface area (Å²) in [6.07, 6.45) is 4.11. The van der Waals surface area contributed by atoms with Gasteiger partial charge in [0.25, 0.3) is 0 Å². The largest absolute Gasteiger partial charge is 0.405 e. The summed E-state index contributed by atoms with van der Waals surface area (Å²) < 4.78 is 21.7. The topological polar surface area (TPSA) is 216 Å². The quantitative estimate of drug-likeness (QED) is 0.0474. The van der Waals surface area contributed by atoms with Crippen molar-refractivity contribution in [3.05, 3.63) is 0 Å². The second-order valence-corrected chi connectivity index (χ2v) is 11.9. The Kier molecular flexibility index (Phi) is 17.4. The summed E-state index contributed by atoms with van der Waals surface area (Å²) in [6.45, 7) is -0.591. The smallest absolute Gasteiger partial charge is 0.362 e. The first-order valence-electron chi connectivity index (χ1n) is 16.1. The van der Waals surface area contributed by atoms with Crippen molar-refractivity contribution in [3.63, 3.8) is 0 Å². The first-order chi connectivity index (χ1) is 20.6. The molecule has 2 aliphatic rings. The number of ether oxygens (including phenoxy) is 4. The summed E-state index contributed by atoms with van der Waals surface area (Å²) in [5, 5.41) is 81.4. The van der Waals surface area contributed by atoms with Crippen LogP contribution in [-0.4, -0.2) is 121 Å². The number of esters is 1. The molecule has 0 radical (unpaired) electrons. The fourth-order valence-electron chi connectivity index (χ4n) is 5.64. The Morgan fingerprint density at radius 3 is 1.53 bits per heavy atom. The highest BCUT2D eigenvalue weighted by Crippen LogP contribution is 2.41. The zero-order valence-electron chi connectivity index (χ0n) is 25.6. The molecule has 2 rings (SSSR count). The predicted octanol–water partition coefficient (Wildman–Crippen LogP) is 0.737. The molecule has 0 aromatic rings. The summed E-state index contributed by atoms with van der Waals surface area (Å²) in [7, 11) is 0. The van der Waals surface area contributed by atoms with Gasteiger partial charge < -0.3 is 55.1 Å². The molecule has 254 valence electrons. The fraction of sp³-hybridized carbons (Fsp3) is 0.967. The lowest BCUT2D eigenvalue weighted by molar-refractivity contribution is -0.498. The van der Waals surface area contributed by atoms with E-state index in [0.29, 0.717) is 6.42 Å². The van der Waals surface area contributed by atoms with Crippen LogP contribution in [0.1, 0.15) is 110 Å². The first kappa shape index (κ1) is 38.2. The lowest BCUT2D eigenvalue weighted by atomic mass is 9.97. The van der Waals surface area contributed by atoms with Crippen LogP contribution in [0.5, 0.6) is 0 Å². The Labute approximate surface area is 254 Å². The third kappa shape index (κ3) is 10.8. The van der Waals surface area contributed by atoms with Gasteiger partial charge in [-0.15, -0.1) is 0 Å². The van der Waals surface area contributed by atoms with Crippen molar-refractivity contribution in [3.8, 4) is 0 Å². The zero-order chi connectivity index (χ0) is 31.9. The second-order valence-electron chi connectivity index (χ2n) is 11.9. The van der Waals surface area contributed by atoms with E-state index in [1.54, 1.807) is 0 Å². The number of hydrogen-bond acceptors (Lipinski definition) is 13. The van der Waals surface area contributed by atoms with Gasteiger partial charge >= 0.3 is 11.9 Å². The van der Waals surface area contributed by atoms with Crippen LogP contribution >= 0.6 is 0 Å². The van der Waals surface area contributed by atoms with Crippen molar-refractivity contribution in [1.29, 1.82) is 0 Å². The summed E-state index contributed by atoms with van der Waals surface area (Å²) in [5.41, 5.74) is 0. The van der Waals surface area contributed by atoms with Gasteiger partial charge in [0.2, 0.25) is 5.79 Å². The van der Waals surface area contributed by atoms with E-state index < -0.39 is 80.3 Å². The zero-order valence-corrected chi connectivity index (χ0v) is 25.6. The van der Waals surface area contributed by atoms with E-state index >= 15 is 0 Å². The molecule has 1 unspecified atom stereocenters. The number of carbonyl (C=O) groups excluding carboxylic acids is 1. The average Bonchev–Trinajstić information content (AvgIpc) is 3.24. The van der Waals surface area contributed by atoms with Crippen molar-refractivity contribution in [2.24, 2.45) is 0 Å². The number of aliphatic hydroxyl groups excluding tert-OH is 8. The van der Waals surface area contributed by atoms with Gasteiger partial charge in [0.05, 0.1) is 13.2 Å². The Morgan fingerprint density at radius 1 is 0.628 bits per heavy atom.